The van der Waals surface area contributed by atoms with Gasteiger partial charge in [-0.05, 0) is 31.5 Å². The Morgan fingerprint density at radius 2 is 1.71 bits per heavy atom. The molecule has 0 aliphatic carbocycles. The first-order chi connectivity index (χ1) is 13.0. The highest BCUT2D eigenvalue weighted by Crippen LogP contribution is 2.22. The van der Waals surface area contributed by atoms with E-state index in [2.05, 4.69) is 5.32 Å². The SMILES string of the molecule is CCS(=O)(=O)N1CCN(CC(=O)Nc2ccc(C)c(S(=O)(=O)N(C)C)c2)CC1. The van der Waals surface area contributed by atoms with Gasteiger partial charge in [0.05, 0.1) is 17.2 Å². The number of aryl methyl sites for hydroxylation is 1. The van der Waals surface area contributed by atoms with Gasteiger partial charge in [-0.25, -0.2) is 21.1 Å². The molecule has 1 saturated heterocycles. The van der Waals surface area contributed by atoms with E-state index >= 15 is 0 Å². The number of benzene rings is 1. The fourth-order valence-electron chi connectivity index (χ4n) is 2.90. The second kappa shape index (κ2) is 8.87. The molecule has 0 radical (unpaired) electrons. The fraction of sp³-hybridized carbons (Fsp3) is 0.588. The van der Waals surface area contributed by atoms with Crippen LogP contribution in [0.3, 0.4) is 0 Å². The number of sulfonamides is 2. The quantitative estimate of drug-likeness (QED) is 0.657. The third-order valence-corrected chi connectivity index (χ3v) is 8.53. The highest BCUT2D eigenvalue weighted by atomic mass is 32.2. The van der Waals surface area contributed by atoms with Gasteiger partial charge in [-0.3, -0.25) is 9.69 Å². The van der Waals surface area contributed by atoms with Crippen molar-refractivity contribution in [3.05, 3.63) is 23.8 Å². The van der Waals surface area contributed by atoms with Crippen molar-refractivity contribution in [3.63, 3.8) is 0 Å². The van der Waals surface area contributed by atoms with E-state index in [0.29, 0.717) is 37.4 Å². The smallest absolute Gasteiger partial charge is 0.242 e. The van der Waals surface area contributed by atoms with Crippen LogP contribution in [-0.2, 0) is 24.8 Å². The second-order valence-corrected chi connectivity index (χ2v) is 11.3. The summed E-state index contributed by atoms with van der Waals surface area (Å²) in [5, 5.41) is 2.73. The Balaban J connectivity index is 1.99. The van der Waals surface area contributed by atoms with Crippen LogP contribution in [0.5, 0.6) is 0 Å². The maximum Gasteiger partial charge on any atom is 0.242 e. The Bertz CT molecular complexity index is 921. The Labute approximate surface area is 167 Å². The summed E-state index contributed by atoms with van der Waals surface area (Å²) in [6.07, 6.45) is 0. The number of carbonyl (C=O) groups is 1. The van der Waals surface area contributed by atoms with Gasteiger partial charge < -0.3 is 5.32 Å². The predicted molar refractivity (Wildman–Crippen MR) is 108 cm³/mol. The number of rotatable bonds is 7. The maximum atomic E-state index is 12.4. The van der Waals surface area contributed by atoms with E-state index < -0.39 is 20.0 Å². The van der Waals surface area contributed by atoms with Gasteiger partial charge >= 0.3 is 0 Å². The van der Waals surface area contributed by atoms with Crippen molar-refractivity contribution >= 4 is 31.6 Å². The van der Waals surface area contributed by atoms with Crippen LogP contribution < -0.4 is 5.32 Å². The molecule has 2 rings (SSSR count). The van der Waals surface area contributed by atoms with Gasteiger partial charge in [-0.2, -0.15) is 4.31 Å². The first-order valence-corrected chi connectivity index (χ1v) is 12.1. The number of amides is 1. The number of nitrogens with zero attached hydrogens (tertiary/aromatic N) is 3. The zero-order valence-corrected chi connectivity index (χ0v) is 18.3. The van der Waals surface area contributed by atoms with Crippen LogP contribution in [0.15, 0.2) is 23.1 Å². The van der Waals surface area contributed by atoms with Gasteiger partial charge in [-0.15, -0.1) is 0 Å². The molecular formula is C17H28N4O5S2. The first-order valence-electron chi connectivity index (χ1n) is 9.00. The molecule has 1 aliphatic heterocycles. The molecule has 0 bridgehead atoms. The van der Waals surface area contributed by atoms with Crippen molar-refractivity contribution in [2.45, 2.75) is 18.7 Å². The van der Waals surface area contributed by atoms with Gasteiger partial charge in [0.25, 0.3) is 0 Å². The lowest BCUT2D eigenvalue weighted by Gasteiger charge is -2.33. The number of nitrogens with one attached hydrogen (secondary N) is 1. The van der Waals surface area contributed by atoms with Crippen LogP contribution in [0.4, 0.5) is 5.69 Å². The largest absolute Gasteiger partial charge is 0.325 e. The third-order valence-electron chi connectivity index (χ3n) is 4.69. The summed E-state index contributed by atoms with van der Waals surface area (Å²) in [6, 6.07) is 4.77. The molecule has 28 heavy (non-hydrogen) atoms. The van der Waals surface area contributed by atoms with E-state index in [1.807, 2.05) is 4.90 Å². The van der Waals surface area contributed by atoms with Gasteiger partial charge in [0, 0.05) is 46.0 Å². The normalized spacial score (nSPS) is 17.0. The van der Waals surface area contributed by atoms with Crippen molar-refractivity contribution in [2.75, 3.05) is 57.9 Å². The van der Waals surface area contributed by atoms with Gasteiger partial charge in [-0.1, -0.05) is 6.07 Å². The summed E-state index contributed by atoms with van der Waals surface area (Å²) in [6.45, 7) is 5.09. The van der Waals surface area contributed by atoms with Gasteiger partial charge in [0.15, 0.2) is 0 Å². The van der Waals surface area contributed by atoms with Crippen LogP contribution in [0.25, 0.3) is 0 Å². The molecule has 1 aromatic rings. The monoisotopic (exact) mass is 432 g/mol. The molecule has 0 aromatic heterocycles. The molecule has 0 saturated carbocycles. The molecule has 1 amide bonds. The van der Waals surface area contributed by atoms with Crippen molar-refractivity contribution in [1.29, 1.82) is 0 Å². The molecule has 1 aromatic carbocycles. The van der Waals surface area contributed by atoms with Crippen molar-refractivity contribution in [1.82, 2.24) is 13.5 Å². The summed E-state index contributed by atoms with van der Waals surface area (Å²) in [5.74, 6) is -0.206. The number of anilines is 1. The second-order valence-electron chi connectivity index (χ2n) is 6.89. The summed E-state index contributed by atoms with van der Waals surface area (Å²) in [7, 11) is -3.90. The highest BCUT2D eigenvalue weighted by Gasteiger charge is 2.26. The van der Waals surface area contributed by atoms with E-state index in [9.17, 15) is 21.6 Å². The zero-order chi connectivity index (χ0) is 21.1. The van der Waals surface area contributed by atoms with E-state index in [4.69, 9.17) is 0 Å². The molecule has 1 heterocycles. The maximum absolute atomic E-state index is 12.4. The predicted octanol–water partition coefficient (Wildman–Crippen LogP) is 0.151. The zero-order valence-electron chi connectivity index (χ0n) is 16.7. The average Bonchev–Trinajstić information content (AvgIpc) is 2.63. The van der Waals surface area contributed by atoms with Crippen molar-refractivity contribution < 1.29 is 21.6 Å². The van der Waals surface area contributed by atoms with Crippen LogP contribution >= 0.6 is 0 Å². The lowest BCUT2D eigenvalue weighted by atomic mass is 10.2. The average molecular weight is 433 g/mol. The molecule has 1 aliphatic rings. The lowest BCUT2D eigenvalue weighted by Crippen LogP contribution is -2.50. The Morgan fingerprint density at radius 1 is 1.11 bits per heavy atom. The minimum atomic E-state index is -3.61. The summed E-state index contributed by atoms with van der Waals surface area (Å²) in [5.41, 5.74) is 1.00. The standard InChI is InChI=1S/C17H28N4O5S2/c1-5-27(23,24)21-10-8-20(9-11-21)13-17(22)18-15-7-6-14(2)16(12-15)28(25,26)19(3)4/h6-7,12H,5,8-11,13H2,1-4H3,(H,18,22). The minimum absolute atomic E-state index is 0.0686. The minimum Gasteiger partial charge on any atom is -0.325 e. The van der Waals surface area contributed by atoms with Crippen LogP contribution in [0.1, 0.15) is 12.5 Å². The summed E-state index contributed by atoms with van der Waals surface area (Å²) in [4.78, 5) is 14.4. The molecule has 0 unspecified atom stereocenters. The first kappa shape index (κ1) is 22.8. The van der Waals surface area contributed by atoms with Crippen LogP contribution in [-0.4, -0.2) is 88.8 Å². The molecule has 0 spiro atoms. The highest BCUT2D eigenvalue weighted by molar-refractivity contribution is 7.89. The topological polar surface area (TPSA) is 107 Å². The Hall–Kier alpha value is -1.53. The molecular weight excluding hydrogens is 404 g/mol. The number of hydrogen-bond acceptors (Lipinski definition) is 6. The van der Waals surface area contributed by atoms with Gasteiger partial charge in [0.1, 0.15) is 0 Å². The fourth-order valence-corrected chi connectivity index (χ4v) is 5.13. The van der Waals surface area contributed by atoms with Gasteiger partial charge in [0.2, 0.25) is 26.0 Å². The number of carbonyl (C=O) groups excluding carboxylic acids is 1. The summed E-state index contributed by atoms with van der Waals surface area (Å²) >= 11 is 0. The lowest BCUT2D eigenvalue weighted by molar-refractivity contribution is -0.117. The Kier molecular flexibility index (Phi) is 7.21. The van der Waals surface area contributed by atoms with E-state index in [-0.39, 0.29) is 23.1 Å². The molecule has 11 heteroatoms. The van der Waals surface area contributed by atoms with E-state index in [1.165, 1.54) is 24.5 Å². The molecule has 9 nitrogen and oxygen atoms in total. The van der Waals surface area contributed by atoms with E-state index in [0.717, 1.165) is 4.31 Å². The molecule has 0 atom stereocenters. The number of hydrogen-bond donors (Lipinski definition) is 1. The van der Waals surface area contributed by atoms with Crippen LogP contribution in [0.2, 0.25) is 0 Å². The molecule has 158 valence electrons. The van der Waals surface area contributed by atoms with E-state index in [1.54, 1.807) is 26.0 Å². The van der Waals surface area contributed by atoms with Crippen LogP contribution in [0, 0.1) is 6.92 Å². The molecule has 1 N–H and O–H groups in total. The Morgan fingerprint density at radius 3 is 2.25 bits per heavy atom. The summed E-state index contributed by atoms with van der Waals surface area (Å²) < 4.78 is 51.1. The number of piperazine rings is 1. The van der Waals surface area contributed by atoms with Crippen molar-refractivity contribution in [2.24, 2.45) is 0 Å². The molecule has 1 fully saturated rings. The third kappa shape index (κ3) is 5.29. The van der Waals surface area contributed by atoms with Crippen molar-refractivity contribution in [3.8, 4) is 0 Å².